The molecule has 0 bridgehead atoms. The Labute approximate surface area is 163 Å². The summed E-state index contributed by atoms with van der Waals surface area (Å²) >= 11 is 1.63. The van der Waals surface area contributed by atoms with E-state index in [0.717, 1.165) is 41.0 Å². The average molecular weight is 390 g/mol. The van der Waals surface area contributed by atoms with Crippen molar-refractivity contribution in [3.8, 4) is 0 Å². The van der Waals surface area contributed by atoms with Crippen molar-refractivity contribution >= 4 is 29.2 Å². The molecule has 1 aromatic rings. The summed E-state index contributed by atoms with van der Waals surface area (Å²) in [7, 11) is 0. The summed E-state index contributed by atoms with van der Waals surface area (Å²) in [6, 6.07) is 0.679. The van der Waals surface area contributed by atoms with E-state index in [1.165, 1.54) is 19.3 Å². The van der Waals surface area contributed by atoms with Gasteiger partial charge in [-0.15, -0.1) is 11.3 Å². The summed E-state index contributed by atoms with van der Waals surface area (Å²) in [5, 5.41) is 7.85. The van der Waals surface area contributed by atoms with Crippen LogP contribution < -0.4 is 10.6 Å². The quantitative estimate of drug-likeness (QED) is 0.777. The van der Waals surface area contributed by atoms with E-state index >= 15 is 0 Å². The van der Waals surface area contributed by atoms with Crippen LogP contribution in [0.25, 0.3) is 0 Å². The second kappa shape index (κ2) is 7.26. The van der Waals surface area contributed by atoms with Crippen molar-refractivity contribution in [2.24, 2.45) is 5.92 Å². The SMILES string of the molecule is CC(C(=O)NCC1CCCCC1)N1C(=O)NC2(CCCc3sccc32)C1=O. The molecule has 146 valence electrons. The fourth-order valence-electron chi connectivity index (χ4n) is 4.76. The molecule has 1 aliphatic heterocycles. The molecule has 1 spiro atoms. The number of nitrogens with zero attached hydrogens (tertiary/aromatic N) is 1. The molecule has 0 aromatic carbocycles. The topological polar surface area (TPSA) is 78.5 Å². The Morgan fingerprint density at radius 1 is 1.33 bits per heavy atom. The Hall–Kier alpha value is -1.89. The molecule has 2 heterocycles. The zero-order chi connectivity index (χ0) is 19.0. The number of hydrogen-bond donors (Lipinski definition) is 2. The molecule has 2 N–H and O–H groups in total. The highest BCUT2D eigenvalue weighted by Gasteiger charge is 2.56. The Morgan fingerprint density at radius 2 is 2.11 bits per heavy atom. The maximum atomic E-state index is 13.3. The molecule has 2 fully saturated rings. The largest absolute Gasteiger partial charge is 0.354 e. The molecule has 1 saturated heterocycles. The molecule has 4 amide bonds. The van der Waals surface area contributed by atoms with Gasteiger partial charge in [0, 0.05) is 17.0 Å². The van der Waals surface area contributed by atoms with Crippen molar-refractivity contribution in [3.05, 3.63) is 21.9 Å². The van der Waals surface area contributed by atoms with E-state index in [1.807, 2.05) is 11.4 Å². The number of amides is 4. The van der Waals surface area contributed by atoms with Crippen LogP contribution in [0.4, 0.5) is 4.79 Å². The first-order valence-electron chi connectivity index (χ1n) is 10.0. The number of aryl methyl sites for hydroxylation is 1. The molecule has 1 aromatic heterocycles. The molecule has 0 radical (unpaired) electrons. The first-order chi connectivity index (χ1) is 13.0. The molecular formula is C20H27N3O3S. The van der Waals surface area contributed by atoms with E-state index in [1.54, 1.807) is 18.3 Å². The van der Waals surface area contributed by atoms with Gasteiger partial charge in [0.15, 0.2) is 0 Å². The highest BCUT2D eigenvalue weighted by atomic mass is 32.1. The summed E-state index contributed by atoms with van der Waals surface area (Å²) in [4.78, 5) is 40.9. The molecule has 27 heavy (non-hydrogen) atoms. The summed E-state index contributed by atoms with van der Waals surface area (Å²) in [5.74, 6) is -0.0225. The number of hydrogen-bond acceptors (Lipinski definition) is 4. The molecule has 6 nitrogen and oxygen atoms in total. The standard InChI is InChI=1S/C20H27N3O3S/c1-13(17(24)21-12-14-6-3-2-4-7-14)23-18(25)20(22-19(23)26)10-5-8-16-15(20)9-11-27-16/h9,11,13-14H,2-8,10,12H2,1H3,(H,21,24)(H,22,26). The molecule has 3 aliphatic rings. The minimum absolute atomic E-state index is 0.248. The Balaban J connectivity index is 1.47. The third kappa shape index (κ3) is 3.16. The molecule has 2 unspecified atom stereocenters. The third-order valence-electron chi connectivity index (χ3n) is 6.34. The predicted molar refractivity (Wildman–Crippen MR) is 103 cm³/mol. The normalized spacial score (nSPS) is 26.8. The van der Waals surface area contributed by atoms with Crippen molar-refractivity contribution in [1.82, 2.24) is 15.5 Å². The van der Waals surface area contributed by atoms with Crippen LogP contribution >= 0.6 is 11.3 Å². The second-order valence-electron chi connectivity index (χ2n) is 8.05. The van der Waals surface area contributed by atoms with Crippen LogP contribution in [0.2, 0.25) is 0 Å². The van der Waals surface area contributed by atoms with Crippen LogP contribution in [0.15, 0.2) is 11.4 Å². The van der Waals surface area contributed by atoms with Gasteiger partial charge in [0.25, 0.3) is 5.91 Å². The van der Waals surface area contributed by atoms with Crippen LogP contribution in [0.5, 0.6) is 0 Å². The van der Waals surface area contributed by atoms with Crippen molar-refractivity contribution in [1.29, 1.82) is 0 Å². The van der Waals surface area contributed by atoms with Crippen LogP contribution in [0, 0.1) is 5.92 Å². The number of urea groups is 1. The van der Waals surface area contributed by atoms with E-state index < -0.39 is 17.6 Å². The van der Waals surface area contributed by atoms with E-state index in [4.69, 9.17) is 0 Å². The minimum Gasteiger partial charge on any atom is -0.354 e. The van der Waals surface area contributed by atoms with E-state index in [-0.39, 0.29) is 11.8 Å². The smallest absolute Gasteiger partial charge is 0.326 e. The number of rotatable bonds is 4. The first-order valence-corrected chi connectivity index (χ1v) is 10.9. The van der Waals surface area contributed by atoms with Crippen molar-refractivity contribution in [2.45, 2.75) is 69.9 Å². The lowest BCUT2D eigenvalue weighted by Crippen LogP contribution is -2.50. The highest BCUT2D eigenvalue weighted by Crippen LogP contribution is 2.42. The summed E-state index contributed by atoms with van der Waals surface area (Å²) < 4.78 is 0. The van der Waals surface area contributed by atoms with Crippen molar-refractivity contribution in [3.63, 3.8) is 0 Å². The lowest BCUT2D eigenvalue weighted by atomic mass is 9.80. The Kier molecular flexibility index (Phi) is 4.97. The van der Waals surface area contributed by atoms with Gasteiger partial charge >= 0.3 is 6.03 Å². The lowest BCUT2D eigenvalue weighted by molar-refractivity contribution is -0.138. The summed E-state index contributed by atoms with van der Waals surface area (Å²) in [5.41, 5.74) is -0.0721. The number of fused-ring (bicyclic) bond motifs is 2. The number of nitrogens with one attached hydrogen (secondary N) is 2. The molecule has 2 aliphatic carbocycles. The van der Waals surface area contributed by atoms with Gasteiger partial charge in [-0.2, -0.15) is 0 Å². The molecule has 7 heteroatoms. The van der Waals surface area contributed by atoms with Gasteiger partial charge in [0.05, 0.1) is 0 Å². The highest BCUT2D eigenvalue weighted by molar-refractivity contribution is 7.10. The van der Waals surface area contributed by atoms with Crippen molar-refractivity contribution < 1.29 is 14.4 Å². The summed E-state index contributed by atoms with van der Waals surface area (Å²) in [6.07, 6.45) is 8.38. The van der Waals surface area contributed by atoms with Gasteiger partial charge in [-0.1, -0.05) is 19.3 Å². The first kappa shape index (κ1) is 18.5. The number of thiophene rings is 1. The fourth-order valence-corrected chi connectivity index (χ4v) is 5.76. The van der Waals surface area contributed by atoms with Gasteiger partial charge in [0.1, 0.15) is 11.6 Å². The van der Waals surface area contributed by atoms with Gasteiger partial charge in [-0.3, -0.25) is 9.59 Å². The van der Waals surface area contributed by atoms with E-state index in [0.29, 0.717) is 18.9 Å². The lowest BCUT2D eigenvalue weighted by Gasteiger charge is -2.31. The zero-order valence-corrected chi connectivity index (χ0v) is 16.6. The predicted octanol–water partition coefficient (Wildman–Crippen LogP) is 2.92. The number of carbonyl (C=O) groups excluding carboxylic acids is 3. The Bertz CT molecular complexity index is 755. The van der Waals surface area contributed by atoms with E-state index in [2.05, 4.69) is 10.6 Å². The molecule has 1 saturated carbocycles. The maximum absolute atomic E-state index is 13.3. The van der Waals surface area contributed by atoms with Gasteiger partial charge < -0.3 is 10.6 Å². The van der Waals surface area contributed by atoms with Crippen LogP contribution in [-0.2, 0) is 21.5 Å². The molecule has 4 rings (SSSR count). The van der Waals surface area contributed by atoms with Crippen LogP contribution in [0.1, 0.15) is 62.3 Å². The van der Waals surface area contributed by atoms with Gasteiger partial charge in [-0.25, -0.2) is 9.69 Å². The Morgan fingerprint density at radius 3 is 2.89 bits per heavy atom. The van der Waals surface area contributed by atoms with Crippen LogP contribution in [-0.4, -0.2) is 35.3 Å². The number of imide groups is 1. The molecule has 2 atom stereocenters. The average Bonchev–Trinajstić information content (AvgIpc) is 3.25. The van der Waals surface area contributed by atoms with Gasteiger partial charge in [0.2, 0.25) is 5.91 Å². The molecular weight excluding hydrogens is 362 g/mol. The summed E-state index contributed by atoms with van der Waals surface area (Å²) in [6.45, 7) is 2.27. The van der Waals surface area contributed by atoms with Crippen LogP contribution in [0.3, 0.4) is 0 Å². The minimum atomic E-state index is -0.984. The van der Waals surface area contributed by atoms with Crippen molar-refractivity contribution in [2.75, 3.05) is 6.54 Å². The third-order valence-corrected chi connectivity index (χ3v) is 7.32. The number of carbonyl (C=O) groups is 3. The fraction of sp³-hybridized carbons (Fsp3) is 0.650. The second-order valence-corrected chi connectivity index (χ2v) is 9.05. The van der Waals surface area contributed by atoms with E-state index in [9.17, 15) is 14.4 Å². The zero-order valence-electron chi connectivity index (χ0n) is 15.8. The monoisotopic (exact) mass is 389 g/mol. The van der Waals surface area contributed by atoms with Gasteiger partial charge in [-0.05, 0) is 56.4 Å². The maximum Gasteiger partial charge on any atom is 0.326 e.